The number of aliphatic hydroxyl groups is 2. The zero-order valence-corrected chi connectivity index (χ0v) is 37.8. The second kappa shape index (κ2) is 21.5. The molecule has 4 aromatic rings. The van der Waals surface area contributed by atoms with E-state index in [9.17, 15) is 29.4 Å². The Kier molecular flexibility index (Phi) is 15.7. The Morgan fingerprint density at radius 2 is 1.00 bits per heavy atom. The molecular weight excluding hydrogens is 805 g/mol. The van der Waals surface area contributed by atoms with Crippen molar-refractivity contribution >= 4 is 24.0 Å². The summed E-state index contributed by atoms with van der Waals surface area (Å²) in [5, 5.41) is 26.8. The van der Waals surface area contributed by atoms with E-state index in [1.54, 1.807) is 0 Å². The number of pyridine rings is 2. The maximum absolute atomic E-state index is 13.3. The quantitative estimate of drug-likeness (QED) is 0.120. The van der Waals surface area contributed by atoms with Gasteiger partial charge in [-0.1, -0.05) is 98.8 Å². The van der Waals surface area contributed by atoms with E-state index in [1.807, 2.05) is 108 Å². The first-order valence-electron chi connectivity index (χ1n) is 23.3. The SMILES string of the molecule is C/C=C/c1ccc2n(c1=O)C[C@@H]1[C@@H](CO)[C@H](C(=O)NCCc3ccccc3)N(CCC)[C@H]21.C/C=C\c1ccc2n(c1=O)C[C@@H]1[C@@H](CO)[C@H](C(=O)NCCc3ccccc3)N(CCC)[C@H]21. The highest BCUT2D eigenvalue weighted by molar-refractivity contribution is 5.83. The fourth-order valence-corrected chi connectivity index (χ4v) is 11.1. The third-order valence-electron chi connectivity index (χ3n) is 13.7. The fraction of sp³-hybridized carbons (Fsp3) is 0.462. The van der Waals surface area contributed by atoms with Crippen LogP contribution in [-0.4, -0.2) is 92.4 Å². The van der Waals surface area contributed by atoms with Crippen molar-refractivity contribution in [1.82, 2.24) is 29.6 Å². The topological polar surface area (TPSA) is 149 Å². The molecule has 0 spiro atoms. The zero-order valence-electron chi connectivity index (χ0n) is 37.8. The molecule has 8 rings (SSSR count). The molecule has 0 aliphatic carbocycles. The van der Waals surface area contributed by atoms with E-state index in [1.165, 1.54) is 11.1 Å². The number of nitrogens with one attached hydrogen (secondary N) is 2. The molecule has 0 unspecified atom stereocenters. The summed E-state index contributed by atoms with van der Waals surface area (Å²) >= 11 is 0. The number of allylic oxidation sites excluding steroid dienone is 2. The van der Waals surface area contributed by atoms with Crippen LogP contribution in [-0.2, 0) is 35.5 Å². The Morgan fingerprint density at radius 1 is 0.609 bits per heavy atom. The van der Waals surface area contributed by atoms with Gasteiger partial charge >= 0.3 is 0 Å². The maximum Gasteiger partial charge on any atom is 0.258 e. The summed E-state index contributed by atoms with van der Waals surface area (Å²) in [7, 11) is 0. The lowest BCUT2D eigenvalue weighted by Gasteiger charge is -2.30. The maximum atomic E-state index is 13.3. The van der Waals surface area contributed by atoms with Gasteiger partial charge in [0.25, 0.3) is 11.1 Å². The lowest BCUT2D eigenvalue weighted by Crippen LogP contribution is -2.49. The highest BCUT2D eigenvalue weighted by atomic mass is 16.3. The van der Waals surface area contributed by atoms with Crippen LogP contribution in [0.4, 0.5) is 0 Å². The second-order valence-electron chi connectivity index (χ2n) is 17.6. The molecule has 340 valence electrons. The fourth-order valence-electron chi connectivity index (χ4n) is 11.1. The highest BCUT2D eigenvalue weighted by Gasteiger charge is 2.56. The summed E-state index contributed by atoms with van der Waals surface area (Å²) in [6.07, 6.45) is 10.8. The van der Waals surface area contributed by atoms with Crippen molar-refractivity contribution in [3.63, 3.8) is 0 Å². The second-order valence-corrected chi connectivity index (χ2v) is 17.6. The Labute approximate surface area is 377 Å². The van der Waals surface area contributed by atoms with Gasteiger partial charge in [0, 0.05) is 85.6 Å². The van der Waals surface area contributed by atoms with Crippen molar-refractivity contribution in [3.05, 3.63) is 151 Å². The number of rotatable bonds is 16. The van der Waals surface area contributed by atoms with Gasteiger partial charge in [0.1, 0.15) is 0 Å². The first-order valence-corrected chi connectivity index (χ1v) is 23.3. The number of hydrogen-bond donors (Lipinski definition) is 4. The molecule has 4 aliphatic heterocycles. The molecule has 8 atom stereocenters. The number of carbonyl (C=O) groups excluding carboxylic acids is 2. The van der Waals surface area contributed by atoms with Crippen molar-refractivity contribution in [3.8, 4) is 0 Å². The molecule has 12 nitrogen and oxygen atoms in total. The summed E-state index contributed by atoms with van der Waals surface area (Å²) in [6, 6.07) is 27.2. The molecule has 4 N–H and O–H groups in total. The van der Waals surface area contributed by atoms with Crippen LogP contribution in [0, 0.1) is 23.7 Å². The molecule has 2 amide bonds. The molecule has 2 aromatic heterocycles. The number of aromatic nitrogens is 2. The Balaban J connectivity index is 0.000000191. The molecule has 4 aliphatic rings. The first kappa shape index (κ1) is 46.6. The average Bonchev–Trinajstić information content (AvgIpc) is 4.04. The van der Waals surface area contributed by atoms with E-state index in [0.29, 0.717) is 37.3 Å². The van der Waals surface area contributed by atoms with Crippen molar-refractivity contribution in [2.75, 3.05) is 39.4 Å². The lowest BCUT2D eigenvalue weighted by molar-refractivity contribution is -0.128. The van der Waals surface area contributed by atoms with Gasteiger partial charge in [0.15, 0.2) is 0 Å². The molecule has 12 heteroatoms. The third-order valence-corrected chi connectivity index (χ3v) is 13.7. The smallest absolute Gasteiger partial charge is 0.258 e. The number of fused-ring (bicyclic) bond motifs is 6. The predicted octanol–water partition coefficient (Wildman–Crippen LogP) is 5.23. The number of hydrogen-bond acceptors (Lipinski definition) is 8. The Bertz CT molecular complexity index is 2230. The van der Waals surface area contributed by atoms with Crippen LogP contribution in [0.5, 0.6) is 0 Å². The van der Waals surface area contributed by atoms with Crippen LogP contribution in [0.25, 0.3) is 12.2 Å². The standard InChI is InChI=1S/2C26H33N3O3/c2*1-3-8-19-11-12-22-23-20(16-29(22)26(19)32)21(17-30)24(28(23)15-4-2)25(31)27-14-13-18-9-6-5-7-10-18/h2*3,5-12,20-21,23-24,30H,4,13-17H2,1-2H3,(H,27,31)/b8-3+;8-3-/t2*20-,21-,23+,24-/m11/s1. The summed E-state index contributed by atoms with van der Waals surface area (Å²) in [4.78, 5) is 57.0. The van der Waals surface area contributed by atoms with Gasteiger partial charge in [-0.15, -0.1) is 0 Å². The van der Waals surface area contributed by atoms with E-state index in [4.69, 9.17) is 0 Å². The summed E-state index contributed by atoms with van der Waals surface area (Å²) in [5.41, 5.74) is 5.65. The molecule has 2 saturated heterocycles. The number of nitrogens with zero attached hydrogens (tertiary/aromatic N) is 4. The summed E-state index contributed by atoms with van der Waals surface area (Å²) < 4.78 is 3.69. The van der Waals surface area contributed by atoms with Crippen LogP contribution < -0.4 is 21.8 Å². The number of likely N-dealkylation sites (tertiary alicyclic amines) is 2. The van der Waals surface area contributed by atoms with Gasteiger partial charge in [-0.25, -0.2) is 0 Å². The average molecular weight is 871 g/mol. The van der Waals surface area contributed by atoms with E-state index in [-0.39, 0.29) is 84.0 Å². The Hall–Kier alpha value is -5.40. The van der Waals surface area contributed by atoms with Crippen LogP contribution >= 0.6 is 0 Å². The monoisotopic (exact) mass is 871 g/mol. The lowest BCUT2D eigenvalue weighted by atomic mass is 9.88. The van der Waals surface area contributed by atoms with Crippen LogP contribution in [0.3, 0.4) is 0 Å². The number of amides is 2. The molecular formula is C52H66N6O6. The molecule has 2 fully saturated rings. The van der Waals surface area contributed by atoms with Crippen molar-refractivity contribution in [2.45, 2.75) is 90.6 Å². The van der Waals surface area contributed by atoms with Gasteiger partial charge in [-0.05, 0) is 88.0 Å². The summed E-state index contributed by atoms with van der Waals surface area (Å²) in [5.74, 6) is -0.361. The molecule has 0 saturated carbocycles. The summed E-state index contributed by atoms with van der Waals surface area (Å²) in [6.45, 7) is 11.6. The minimum atomic E-state index is -0.384. The minimum absolute atomic E-state index is 0.00648. The third kappa shape index (κ3) is 9.38. The van der Waals surface area contributed by atoms with Crippen LogP contribution in [0.1, 0.15) is 86.3 Å². The van der Waals surface area contributed by atoms with Gasteiger partial charge in [0.05, 0.1) is 24.2 Å². The molecule has 2 aromatic carbocycles. The van der Waals surface area contributed by atoms with Gasteiger partial charge in [-0.2, -0.15) is 0 Å². The largest absolute Gasteiger partial charge is 0.396 e. The van der Waals surface area contributed by atoms with Crippen molar-refractivity contribution in [2.24, 2.45) is 23.7 Å². The van der Waals surface area contributed by atoms with E-state index < -0.39 is 0 Å². The molecule has 0 radical (unpaired) electrons. The molecule has 64 heavy (non-hydrogen) atoms. The number of carbonyl (C=O) groups is 2. The zero-order chi connectivity index (χ0) is 45.3. The van der Waals surface area contributed by atoms with E-state index in [0.717, 1.165) is 50.2 Å². The molecule has 0 bridgehead atoms. The van der Waals surface area contributed by atoms with Crippen molar-refractivity contribution < 1.29 is 19.8 Å². The first-order chi connectivity index (χ1) is 31.2. The minimum Gasteiger partial charge on any atom is -0.396 e. The van der Waals surface area contributed by atoms with Crippen molar-refractivity contribution in [1.29, 1.82) is 0 Å². The van der Waals surface area contributed by atoms with Gasteiger partial charge in [-0.3, -0.25) is 29.0 Å². The molecule has 6 heterocycles. The Morgan fingerprint density at radius 3 is 1.34 bits per heavy atom. The predicted molar refractivity (Wildman–Crippen MR) is 252 cm³/mol. The van der Waals surface area contributed by atoms with E-state index >= 15 is 0 Å². The highest BCUT2D eigenvalue weighted by Crippen LogP contribution is 2.50. The van der Waals surface area contributed by atoms with Crippen LogP contribution in [0.15, 0.2) is 107 Å². The van der Waals surface area contributed by atoms with Crippen LogP contribution in [0.2, 0.25) is 0 Å². The van der Waals surface area contributed by atoms with Gasteiger partial charge in [0.2, 0.25) is 11.8 Å². The normalized spacial score (nSPS) is 24.6. The van der Waals surface area contributed by atoms with Gasteiger partial charge < -0.3 is 30.0 Å². The van der Waals surface area contributed by atoms with E-state index in [2.05, 4.69) is 58.5 Å². The number of aliphatic hydroxyl groups excluding tert-OH is 2. The number of benzene rings is 2.